The molecule has 0 aromatic heterocycles. The third-order valence-electron chi connectivity index (χ3n) is 9.01. The van der Waals surface area contributed by atoms with Crippen molar-refractivity contribution in [1.82, 2.24) is 0 Å². The topological polar surface area (TPSA) is 58.6 Å². The Hall–Kier alpha value is -3.11. The fourth-order valence-corrected chi connectivity index (χ4v) is 6.72. The molecule has 3 aromatic rings. The summed E-state index contributed by atoms with van der Waals surface area (Å²) in [5, 5.41) is 14.0. The maximum absolute atomic E-state index is 13.6. The Bertz CT molecular complexity index is 1270. The SMILES string of the molecule is CC(C)(C)c1ccc(CC[C@@H](O)CCCC2CCCCC2)cc1NC(=O)CC1c2ccccc2Oc2ccccc21. The highest BCUT2D eigenvalue weighted by Crippen LogP contribution is 2.45. The van der Waals surface area contributed by atoms with Crippen LogP contribution in [0.15, 0.2) is 66.7 Å². The minimum Gasteiger partial charge on any atom is -0.457 e. The fourth-order valence-electron chi connectivity index (χ4n) is 6.72. The Labute approximate surface area is 246 Å². The van der Waals surface area contributed by atoms with Crippen molar-refractivity contribution >= 4 is 11.6 Å². The number of aryl methyl sites for hydroxylation is 1. The molecule has 1 heterocycles. The van der Waals surface area contributed by atoms with E-state index in [2.05, 4.69) is 56.4 Å². The van der Waals surface area contributed by atoms with Crippen LogP contribution in [0.25, 0.3) is 0 Å². The van der Waals surface area contributed by atoms with Crippen molar-refractivity contribution in [2.45, 2.75) is 109 Å². The number of benzene rings is 3. The number of hydrogen-bond donors (Lipinski definition) is 2. The Kier molecular flexibility index (Phi) is 9.49. The number of fused-ring (bicyclic) bond motifs is 2. The quantitative estimate of drug-likeness (QED) is 0.263. The third kappa shape index (κ3) is 7.60. The van der Waals surface area contributed by atoms with E-state index < -0.39 is 0 Å². The van der Waals surface area contributed by atoms with E-state index in [9.17, 15) is 9.90 Å². The molecule has 0 radical (unpaired) electrons. The molecule has 0 bridgehead atoms. The van der Waals surface area contributed by atoms with Gasteiger partial charge in [-0.2, -0.15) is 0 Å². The summed E-state index contributed by atoms with van der Waals surface area (Å²) in [7, 11) is 0. The van der Waals surface area contributed by atoms with Crippen LogP contribution < -0.4 is 10.1 Å². The van der Waals surface area contributed by atoms with Gasteiger partial charge in [0.05, 0.1) is 6.10 Å². The van der Waals surface area contributed by atoms with E-state index in [1.165, 1.54) is 38.5 Å². The molecule has 1 aliphatic heterocycles. The lowest BCUT2D eigenvalue weighted by atomic mass is 9.84. The van der Waals surface area contributed by atoms with Gasteiger partial charge < -0.3 is 15.2 Å². The predicted octanol–water partition coefficient (Wildman–Crippen LogP) is 9.29. The normalized spacial score (nSPS) is 16.4. The summed E-state index contributed by atoms with van der Waals surface area (Å²) in [5.74, 6) is 2.43. The second kappa shape index (κ2) is 13.2. The molecular formula is C37H47NO3. The number of nitrogens with one attached hydrogen (secondary N) is 1. The second-order valence-electron chi connectivity index (χ2n) is 13.2. The number of anilines is 1. The highest BCUT2D eigenvalue weighted by atomic mass is 16.5. The van der Waals surface area contributed by atoms with Crippen LogP contribution in [-0.2, 0) is 16.6 Å². The molecule has 5 rings (SSSR count). The van der Waals surface area contributed by atoms with Crippen LogP contribution in [0.3, 0.4) is 0 Å². The number of amides is 1. The molecule has 0 spiro atoms. The van der Waals surface area contributed by atoms with Gasteiger partial charge in [0.2, 0.25) is 5.91 Å². The first-order valence-corrected chi connectivity index (χ1v) is 15.7. The first-order chi connectivity index (χ1) is 19.8. The molecule has 0 unspecified atom stereocenters. The first-order valence-electron chi connectivity index (χ1n) is 15.7. The zero-order valence-corrected chi connectivity index (χ0v) is 25.1. The summed E-state index contributed by atoms with van der Waals surface area (Å²) >= 11 is 0. The van der Waals surface area contributed by atoms with Crippen molar-refractivity contribution in [3.63, 3.8) is 0 Å². The number of rotatable bonds is 10. The number of para-hydroxylation sites is 2. The van der Waals surface area contributed by atoms with Gasteiger partial charge in [0.15, 0.2) is 0 Å². The Morgan fingerprint density at radius 2 is 1.59 bits per heavy atom. The van der Waals surface area contributed by atoms with Gasteiger partial charge in [0.25, 0.3) is 0 Å². The number of carbonyl (C=O) groups excluding carboxylic acids is 1. The van der Waals surface area contributed by atoms with Crippen LogP contribution in [0.1, 0.15) is 113 Å². The average molecular weight is 554 g/mol. The first kappa shape index (κ1) is 29.4. The molecule has 0 saturated heterocycles. The number of hydrogen-bond acceptors (Lipinski definition) is 3. The number of aliphatic hydroxyl groups is 1. The second-order valence-corrected chi connectivity index (χ2v) is 13.2. The van der Waals surface area contributed by atoms with Crippen LogP contribution in [0.4, 0.5) is 5.69 Å². The molecule has 3 aromatic carbocycles. The Balaban J connectivity index is 1.24. The molecule has 1 atom stereocenters. The van der Waals surface area contributed by atoms with Crippen LogP contribution in [0, 0.1) is 5.92 Å². The van der Waals surface area contributed by atoms with Crippen LogP contribution in [0.2, 0.25) is 0 Å². The van der Waals surface area contributed by atoms with Crippen LogP contribution in [0.5, 0.6) is 11.5 Å². The summed E-state index contributed by atoms with van der Waals surface area (Å²) in [5.41, 5.74) is 5.13. The van der Waals surface area contributed by atoms with Gasteiger partial charge in [-0.1, -0.05) is 114 Å². The fraction of sp³-hybridized carbons (Fsp3) is 0.486. The predicted molar refractivity (Wildman–Crippen MR) is 168 cm³/mol. The highest BCUT2D eigenvalue weighted by molar-refractivity contribution is 5.93. The van der Waals surface area contributed by atoms with Gasteiger partial charge in [-0.3, -0.25) is 4.79 Å². The summed E-state index contributed by atoms with van der Waals surface area (Å²) in [4.78, 5) is 13.6. The highest BCUT2D eigenvalue weighted by Gasteiger charge is 2.29. The zero-order valence-electron chi connectivity index (χ0n) is 25.1. The van der Waals surface area contributed by atoms with Crippen molar-refractivity contribution in [2.75, 3.05) is 5.32 Å². The van der Waals surface area contributed by atoms with Gasteiger partial charge >= 0.3 is 0 Å². The third-order valence-corrected chi connectivity index (χ3v) is 9.01. The van der Waals surface area contributed by atoms with Crippen LogP contribution >= 0.6 is 0 Å². The monoisotopic (exact) mass is 553 g/mol. The van der Waals surface area contributed by atoms with E-state index in [0.717, 1.165) is 71.0 Å². The summed E-state index contributed by atoms with van der Waals surface area (Å²) in [6, 6.07) is 22.5. The lowest BCUT2D eigenvalue weighted by molar-refractivity contribution is -0.116. The zero-order chi connectivity index (χ0) is 28.8. The van der Waals surface area contributed by atoms with Gasteiger partial charge in [0.1, 0.15) is 11.5 Å². The van der Waals surface area contributed by atoms with E-state index in [0.29, 0.717) is 6.42 Å². The van der Waals surface area contributed by atoms with Crippen molar-refractivity contribution in [3.8, 4) is 11.5 Å². The summed E-state index contributed by atoms with van der Waals surface area (Å²) in [6.07, 6.45) is 11.8. The largest absolute Gasteiger partial charge is 0.457 e. The molecule has 1 saturated carbocycles. The molecular weight excluding hydrogens is 506 g/mol. The van der Waals surface area contributed by atoms with E-state index >= 15 is 0 Å². The minimum atomic E-state index is -0.271. The van der Waals surface area contributed by atoms with Crippen molar-refractivity contribution in [3.05, 3.63) is 89.0 Å². The molecule has 41 heavy (non-hydrogen) atoms. The van der Waals surface area contributed by atoms with Gasteiger partial charge in [-0.15, -0.1) is 0 Å². The maximum atomic E-state index is 13.6. The molecule has 4 nitrogen and oxygen atoms in total. The Morgan fingerprint density at radius 3 is 2.24 bits per heavy atom. The van der Waals surface area contributed by atoms with Crippen molar-refractivity contribution < 1.29 is 14.6 Å². The maximum Gasteiger partial charge on any atom is 0.225 e. The number of carbonyl (C=O) groups is 1. The van der Waals surface area contributed by atoms with Gasteiger partial charge in [0, 0.05) is 29.2 Å². The lowest BCUT2D eigenvalue weighted by Gasteiger charge is -2.28. The molecule has 218 valence electrons. The van der Waals surface area contributed by atoms with E-state index in [-0.39, 0.29) is 23.3 Å². The average Bonchev–Trinajstić information content (AvgIpc) is 2.96. The molecule has 4 heteroatoms. The van der Waals surface area contributed by atoms with Crippen molar-refractivity contribution in [2.24, 2.45) is 5.92 Å². The van der Waals surface area contributed by atoms with Crippen molar-refractivity contribution in [1.29, 1.82) is 0 Å². The molecule has 1 aliphatic carbocycles. The molecule has 1 amide bonds. The Morgan fingerprint density at radius 1 is 0.927 bits per heavy atom. The van der Waals surface area contributed by atoms with E-state index in [1.54, 1.807) is 0 Å². The number of aliphatic hydroxyl groups excluding tert-OH is 1. The molecule has 1 fully saturated rings. The lowest BCUT2D eigenvalue weighted by Crippen LogP contribution is -2.22. The van der Waals surface area contributed by atoms with Gasteiger partial charge in [-0.05, 0) is 59.9 Å². The summed E-state index contributed by atoms with van der Waals surface area (Å²) < 4.78 is 6.14. The minimum absolute atomic E-state index is 0.00750. The standard InChI is InChI=1S/C37H47NO3/c1-37(2,3)32-23-21-27(20-22-28(39)15-11-14-26-12-5-4-6-13-26)24-33(32)38-36(40)25-31-29-16-7-9-18-34(29)41-35-19-10-8-17-30(31)35/h7-10,16-19,21,23-24,26,28,31,39H,4-6,11-15,20,22,25H2,1-3H3,(H,38,40)/t28-/m0/s1. The smallest absolute Gasteiger partial charge is 0.225 e. The van der Waals surface area contributed by atoms with Gasteiger partial charge in [-0.25, -0.2) is 0 Å². The number of ether oxygens (including phenoxy) is 1. The van der Waals surface area contributed by atoms with E-state index in [4.69, 9.17) is 4.74 Å². The van der Waals surface area contributed by atoms with Crippen LogP contribution in [-0.4, -0.2) is 17.1 Å². The molecule has 2 aliphatic rings. The van der Waals surface area contributed by atoms with E-state index in [1.807, 2.05) is 36.4 Å². The molecule has 2 N–H and O–H groups in total. The summed E-state index contributed by atoms with van der Waals surface area (Å²) in [6.45, 7) is 6.54.